The molecule has 23 heavy (non-hydrogen) atoms. The molecule has 0 spiro atoms. The standard InChI is InChI=1S/C22H37N/c1-3-5-6-7-8-9-10-11-13-17-20(16-4-2)22(23)21-18-14-12-15-19-21/h4,12,14-15,18-20,22H,2-3,5-11,13,16-17,23H2,1H3. The number of allylic oxidation sites excluding steroid dienone is 1. The zero-order valence-electron chi connectivity index (χ0n) is 15.2. The lowest BCUT2D eigenvalue weighted by atomic mass is 9.86. The van der Waals surface area contributed by atoms with Gasteiger partial charge in [-0.25, -0.2) is 0 Å². The Bertz CT molecular complexity index is 384. The monoisotopic (exact) mass is 315 g/mol. The summed E-state index contributed by atoms with van der Waals surface area (Å²) in [5.41, 5.74) is 7.75. The van der Waals surface area contributed by atoms with Crippen LogP contribution in [0.25, 0.3) is 0 Å². The summed E-state index contributed by atoms with van der Waals surface area (Å²) >= 11 is 0. The van der Waals surface area contributed by atoms with Crippen LogP contribution in [0.3, 0.4) is 0 Å². The number of hydrogen-bond donors (Lipinski definition) is 1. The minimum atomic E-state index is 0.142. The second-order valence-corrected chi connectivity index (χ2v) is 6.84. The van der Waals surface area contributed by atoms with Crippen LogP contribution < -0.4 is 5.73 Å². The van der Waals surface area contributed by atoms with Gasteiger partial charge in [-0.15, -0.1) is 6.58 Å². The van der Waals surface area contributed by atoms with Gasteiger partial charge in [-0.3, -0.25) is 0 Å². The number of nitrogens with two attached hydrogens (primary N) is 1. The van der Waals surface area contributed by atoms with Gasteiger partial charge in [0.1, 0.15) is 0 Å². The fourth-order valence-electron chi connectivity index (χ4n) is 3.32. The second kappa shape index (κ2) is 13.4. The van der Waals surface area contributed by atoms with Gasteiger partial charge < -0.3 is 5.73 Å². The maximum atomic E-state index is 6.49. The Labute approximate surface area is 144 Å². The molecule has 0 aliphatic carbocycles. The van der Waals surface area contributed by atoms with E-state index in [9.17, 15) is 0 Å². The molecule has 2 atom stereocenters. The van der Waals surface area contributed by atoms with E-state index < -0.39 is 0 Å². The van der Waals surface area contributed by atoms with Crippen LogP contribution in [0.15, 0.2) is 43.0 Å². The van der Waals surface area contributed by atoms with Gasteiger partial charge in [0, 0.05) is 6.04 Å². The first-order valence-corrected chi connectivity index (χ1v) is 9.71. The van der Waals surface area contributed by atoms with Gasteiger partial charge in [-0.2, -0.15) is 0 Å². The van der Waals surface area contributed by atoms with Crippen molar-refractivity contribution >= 4 is 0 Å². The molecule has 0 aromatic heterocycles. The smallest absolute Gasteiger partial charge is 0.0326 e. The molecule has 0 heterocycles. The quantitative estimate of drug-likeness (QED) is 0.296. The largest absolute Gasteiger partial charge is 0.324 e. The molecule has 1 aromatic carbocycles. The minimum Gasteiger partial charge on any atom is -0.324 e. The number of unbranched alkanes of at least 4 members (excludes halogenated alkanes) is 8. The average Bonchev–Trinajstić information content (AvgIpc) is 2.59. The van der Waals surface area contributed by atoms with Gasteiger partial charge in [0.25, 0.3) is 0 Å². The summed E-state index contributed by atoms with van der Waals surface area (Å²) in [6.45, 7) is 6.19. The molecule has 1 heteroatoms. The lowest BCUT2D eigenvalue weighted by molar-refractivity contribution is 0.385. The fourth-order valence-corrected chi connectivity index (χ4v) is 3.32. The van der Waals surface area contributed by atoms with Gasteiger partial charge in [0.05, 0.1) is 0 Å². The molecule has 0 aliphatic heterocycles. The summed E-state index contributed by atoms with van der Waals surface area (Å²) in [5.74, 6) is 0.527. The first-order valence-electron chi connectivity index (χ1n) is 9.71. The maximum absolute atomic E-state index is 6.49. The number of hydrogen-bond acceptors (Lipinski definition) is 1. The molecule has 0 saturated heterocycles. The highest BCUT2D eigenvalue weighted by Crippen LogP contribution is 2.27. The summed E-state index contributed by atoms with van der Waals surface area (Å²) in [6.07, 6.45) is 16.7. The first-order chi connectivity index (χ1) is 11.3. The molecule has 2 N–H and O–H groups in total. The molecule has 0 radical (unpaired) electrons. The zero-order valence-corrected chi connectivity index (χ0v) is 15.2. The molecular weight excluding hydrogens is 278 g/mol. The fraction of sp³-hybridized carbons (Fsp3) is 0.636. The Kier molecular flexibility index (Phi) is 11.6. The summed E-state index contributed by atoms with van der Waals surface area (Å²) in [5, 5.41) is 0. The first kappa shape index (κ1) is 20.0. The molecule has 1 rings (SSSR count). The molecule has 1 nitrogen and oxygen atoms in total. The Morgan fingerprint density at radius 3 is 2.04 bits per heavy atom. The van der Waals surface area contributed by atoms with E-state index >= 15 is 0 Å². The summed E-state index contributed by atoms with van der Waals surface area (Å²) < 4.78 is 0. The van der Waals surface area contributed by atoms with Crippen molar-refractivity contribution in [3.63, 3.8) is 0 Å². The Morgan fingerprint density at radius 1 is 0.913 bits per heavy atom. The van der Waals surface area contributed by atoms with E-state index in [0.29, 0.717) is 5.92 Å². The van der Waals surface area contributed by atoms with Crippen LogP contribution in [0.4, 0.5) is 0 Å². The molecule has 1 aromatic rings. The van der Waals surface area contributed by atoms with Crippen LogP contribution in [0.5, 0.6) is 0 Å². The molecular formula is C22H37N. The maximum Gasteiger partial charge on any atom is 0.0326 e. The lowest BCUT2D eigenvalue weighted by Crippen LogP contribution is -2.21. The molecule has 2 unspecified atom stereocenters. The van der Waals surface area contributed by atoms with E-state index in [2.05, 4.69) is 43.8 Å². The summed E-state index contributed by atoms with van der Waals surface area (Å²) in [4.78, 5) is 0. The van der Waals surface area contributed by atoms with E-state index in [-0.39, 0.29) is 6.04 Å². The average molecular weight is 316 g/mol. The van der Waals surface area contributed by atoms with Crippen LogP contribution in [0, 0.1) is 5.92 Å². The van der Waals surface area contributed by atoms with Crippen molar-refractivity contribution in [3.8, 4) is 0 Å². The SMILES string of the molecule is C=CCC(CCCCCCCCCCC)C(N)c1ccccc1. The van der Waals surface area contributed by atoms with Gasteiger partial charge in [0.15, 0.2) is 0 Å². The van der Waals surface area contributed by atoms with Crippen LogP contribution in [-0.2, 0) is 0 Å². The van der Waals surface area contributed by atoms with Gasteiger partial charge >= 0.3 is 0 Å². The van der Waals surface area contributed by atoms with Crippen molar-refractivity contribution < 1.29 is 0 Å². The van der Waals surface area contributed by atoms with Crippen molar-refractivity contribution in [2.75, 3.05) is 0 Å². The van der Waals surface area contributed by atoms with Crippen LogP contribution in [-0.4, -0.2) is 0 Å². The third kappa shape index (κ3) is 8.95. The van der Waals surface area contributed by atoms with Crippen molar-refractivity contribution in [1.29, 1.82) is 0 Å². The third-order valence-electron chi connectivity index (χ3n) is 4.84. The van der Waals surface area contributed by atoms with E-state index in [0.717, 1.165) is 6.42 Å². The van der Waals surface area contributed by atoms with Crippen molar-refractivity contribution in [3.05, 3.63) is 48.6 Å². The van der Waals surface area contributed by atoms with E-state index in [4.69, 9.17) is 5.73 Å². The van der Waals surface area contributed by atoms with Crippen LogP contribution >= 0.6 is 0 Å². The van der Waals surface area contributed by atoms with Gasteiger partial charge in [-0.1, -0.05) is 101 Å². The molecule has 0 amide bonds. The topological polar surface area (TPSA) is 26.0 Å². The van der Waals surface area contributed by atoms with Crippen molar-refractivity contribution in [1.82, 2.24) is 0 Å². The van der Waals surface area contributed by atoms with Crippen molar-refractivity contribution in [2.24, 2.45) is 11.7 Å². The number of rotatable bonds is 14. The molecule has 0 saturated carbocycles. The van der Waals surface area contributed by atoms with E-state index in [1.165, 1.54) is 69.8 Å². The highest BCUT2D eigenvalue weighted by atomic mass is 14.6. The summed E-state index contributed by atoms with van der Waals surface area (Å²) in [6, 6.07) is 10.7. The Balaban J connectivity index is 2.19. The summed E-state index contributed by atoms with van der Waals surface area (Å²) in [7, 11) is 0. The normalized spacial score (nSPS) is 13.7. The lowest BCUT2D eigenvalue weighted by Gasteiger charge is -2.23. The van der Waals surface area contributed by atoms with Crippen LogP contribution in [0.2, 0.25) is 0 Å². The zero-order chi connectivity index (χ0) is 16.8. The highest BCUT2D eigenvalue weighted by molar-refractivity contribution is 5.19. The van der Waals surface area contributed by atoms with Gasteiger partial charge in [0.2, 0.25) is 0 Å². The predicted octanol–water partition coefficient (Wildman–Crippen LogP) is 6.80. The van der Waals surface area contributed by atoms with E-state index in [1.807, 2.05) is 6.08 Å². The number of benzene rings is 1. The van der Waals surface area contributed by atoms with Crippen molar-refractivity contribution in [2.45, 2.75) is 83.6 Å². The second-order valence-electron chi connectivity index (χ2n) is 6.84. The molecule has 130 valence electrons. The third-order valence-corrected chi connectivity index (χ3v) is 4.84. The Hall–Kier alpha value is -1.08. The molecule has 0 bridgehead atoms. The predicted molar refractivity (Wildman–Crippen MR) is 104 cm³/mol. The Morgan fingerprint density at radius 2 is 1.48 bits per heavy atom. The van der Waals surface area contributed by atoms with Crippen LogP contribution in [0.1, 0.15) is 89.2 Å². The molecule has 0 aliphatic rings. The van der Waals surface area contributed by atoms with E-state index in [1.54, 1.807) is 0 Å². The van der Waals surface area contributed by atoms with Gasteiger partial charge in [-0.05, 0) is 24.3 Å². The minimum absolute atomic E-state index is 0.142. The highest BCUT2D eigenvalue weighted by Gasteiger charge is 2.17. The molecule has 0 fully saturated rings.